The van der Waals surface area contributed by atoms with Gasteiger partial charge < -0.3 is 20.7 Å². The van der Waals surface area contributed by atoms with Gasteiger partial charge >= 0.3 is 0 Å². The highest BCUT2D eigenvalue weighted by atomic mass is 35.5. The van der Waals surface area contributed by atoms with Gasteiger partial charge in [0.2, 0.25) is 5.91 Å². The third-order valence-corrected chi connectivity index (χ3v) is 3.48. The summed E-state index contributed by atoms with van der Waals surface area (Å²) in [5.41, 5.74) is 6.64. The van der Waals surface area contributed by atoms with Crippen LogP contribution in [0, 0.1) is 5.92 Å². The van der Waals surface area contributed by atoms with Gasteiger partial charge in [0.15, 0.2) is 0 Å². The molecule has 1 fully saturated rings. The van der Waals surface area contributed by atoms with Crippen LogP contribution in [0.1, 0.15) is 17.3 Å². The molecule has 0 saturated carbocycles. The molecule has 1 unspecified atom stereocenters. The van der Waals surface area contributed by atoms with Gasteiger partial charge in [0, 0.05) is 36.8 Å². The maximum atomic E-state index is 12.4. The first-order valence-corrected chi connectivity index (χ1v) is 7.10. The molecule has 122 valence electrons. The molecule has 6 nitrogen and oxygen atoms in total. The molecule has 0 spiro atoms. The van der Waals surface area contributed by atoms with Crippen LogP contribution in [0.25, 0.3) is 0 Å². The van der Waals surface area contributed by atoms with Crippen molar-refractivity contribution >= 4 is 29.9 Å². The van der Waals surface area contributed by atoms with Crippen LogP contribution in [-0.4, -0.2) is 49.6 Å². The Hall–Kier alpha value is -1.63. The lowest BCUT2D eigenvalue weighted by molar-refractivity contribution is -0.119. The van der Waals surface area contributed by atoms with Crippen LogP contribution in [0.15, 0.2) is 24.3 Å². The maximum Gasteiger partial charge on any atom is 0.254 e. The van der Waals surface area contributed by atoms with E-state index in [4.69, 9.17) is 10.5 Å². The topological polar surface area (TPSA) is 84.7 Å². The van der Waals surface area contributed by atoms with E-state index in [2.05, 4.69) is 5.32 Å². The lowest BCUT2D eigenvalue weighted by Gasteiger charge is -2.27. The predicted octanol–water partition coefficient (Wildman–Crippen LogP) is 1.11. The second-order valence-electron chi connectivity index (χ2n) is 5.11. The Kier molecular flexibility index (Phi) is 7.31. The zero-order valence-corrected chi connectivity index (χ0v) is 13.4. The molecule has 1 aliphatic rings. The zero-order valence-electron chi connectivity index (χ0n) is 12.6. The molecule has 0 aromatic heterocycles. The Morgan fingerprint density at radius 2 is 2.05 bits per heavy atom. The molecule has 2 amide bonds. The number of ether oxygens (including phenoxy) is 1. The normalized spacial score (nSPS) is 15.6. The van der Waals surface area contributed by atoms with Gasteiger partial charge in [0.05, 0.1) is 13.2 Å². The van der Waals surface area contributed by atoms with E-state index in [-0.39, 0.29) is 36.7 Å². The van der Waals surface area contributed by atoms with E-state index in [1.165, 1.54) is 0 Å². The van der Waals surface area contributed by atoms with E-state index in [1.807, 2.05) is 0 Å². The summed E-state index contributed by atoms with van der Waals surface area (Å²) in [4.78, 5) is 25.9. The first-order valence-electron chi connectivity index (χ1n) is 7.10. The number of morpholine rings is 1. The SMILES string of the molecule is CC(CN)C(=O)Nc1cccc(C(=O)N2CCOCC2)c1.Cl. The molecule has 3 N–H and O–H groups in total. The number of nitrogens with two attached hydrogens (primary N) is 1. The molecular formula is C15H22ClN3O3. The van der Waals surface area contributed by atoms with E-state index in [0.717, 1.165) is 0 Å². The van der Waals surface area contributed by atoms with Crippen LogP contribution in [0.3, 0.4) is 0 Å². The fourth-order valence-corrected chi connectivity index (χ4v) is 2.05. The van der Waals surface area contributed by atoms with Crippen LogP contribution < -0.4 is 11.1 Å². The Bertz CT molecular complexity index is 519. The molecule has 1 atom stereocenters. The molecule has 1 saturated heterocycles. The second-order valence-corrected chi connectivity index (χ2v) is 5.11. The Labute approximate surface area is 136 Å². The number of halogens is 1. The number of amides is 2. The third kappa shape index (κ3) is 4.69. The molecule has 1 aromatic carbocycles. The van der Waals surface area contributed by atoms with Crippen molar-refractivity contribution in [3.8, 4) is 0 Å². The van der Waals surface area contributed by atoms with Crippen molar-refractivity contribution in [2.45, 2.75) is 6.92 Å². The molecule has 2 rings (SSSR count). The highest BCUT2D eigenvalue weighted by Crippen LogP contribution is 2.14. The molecule has 0 aliphatic carbocycles. The summed E-state index contributed by atoms with van der Waals surface area (Å²) in [5.74, 6) is -0.446. The lowest BCUT2D eigenvalue weighted by atomic mass is 10.1. The number of carbonyl (C=O) groups excluding carboxylic acids is 2. The first-order chi connectivity index (χ1) is 10.1. The van der Waals surface area contributed by atoms with Crippen molar-refractivity contribution in [1.82, 2.24) is 4.90 Å². The molecule has 1 aliphatic heterocycles. The second kappa shape index (κ2) is 8.73. The minimum Gasteiger partial charge on any atom is -0.378 e. The van der Waals surface area contributed by atoms with Crippen molar-refractivity contribution in [3.63, 3.8) is 0 Å². The molecule has 0 bridgehead atoms. The maximum absolute atomic E-state index is 12.4. The minimum atomic E-state index is -0.261. The zero-order chi connectivity index (χ0) is 15.2. The molecule has 0 radical (unpaired) electrons. The summed E-state index contributed by atoms with van der Waals surface area (Å²) in [5, 5.41) is 2.78. The van der Waals surface area contributed by atoms with Gasteiger partial charge in [-0.05, 0) is 18.2 Å². The van der Waals surface area contributed by atoms with Gasteiger partial charge in [-0.25, -0.2) is 0 Å². The average Bonchev–Trinajstić information content (AvgIpc) is 2.54. The van der Waals surface area contributed by atoms with E-state index >= 15 is 0 Å². The van der Waals surface area contributed by atoms with Gasteiger partial charge in [-0.2, -0.15) is 0 Å². The molecule has 1 aromatic rings. The largest absolute Gasteiger partial charge is 0.378 e. The Morgan fingerprint density at radius 1 is 1.36 bits per heavy atom. The van der Waals surface area contributed by atoms with Crippen LogP contribution in [0.5, 0.6) is 0 Å². The highest BCUT2D eigenvalue weighted by Gasteiger charge is 2.19. The number of nitrogens with one attached hydrogen (secondary N) is 1. The number of rotatable bonds is 4. The summed E-state index contributed by atoms with van der Waals surface area (Å²) in [6, 6.07) is 6.96. The van der Waals surface area contributed by atoms with Crippen LogP contribution in [-0.2, 0) is 9.53 Å². The van der Waals surface area contributed by atoms with Crippen LogP contribution in [0.2, 0.25) is 0 Å². The number of hydrogen-bond donors (Lipinski definition) is 2. The quantitative estimate of drug-likeness (QED) is 0.867. The molecule has 1 heterocycles. The number of carbonyl (C=O) groups is 2. The fraction of sp³-hybridized carbons (Fsp3) is 0.467. The Balaban J connectivity index is 0.00000242. The van der Waals surface area contributed by atoms with Crippen molar-refractivity contribution in [3.05, 3.63) is 29.8 Å². The van der Waals surface area contributed by atoms with Gasteiger partial charge in [-0.15, -0.1) is 12.4 Å². The van der Waals surface area contributed by atoms with Gasteiger partial charge in [-0.3, -0.25) is 9.59 Å². The first kappa shape index (κ1) is 18.4. The van der Waals surface area contributed by atoms with Crippen molar-refractivity contribution in [1.29, 1.82) is 0 Å². The number of anilines is 1. The molecule has 22 heavy (non-hydrogen) atoms. The summed E-state index contributed by atoms with van der Waals surface area (Å²) in [6.07, 6.45) is 0. The standard InChI is InChI=1S/C15H21N3O3.ClH/c1-11(10-16)14(19)17-13-4-2-3-12(9-13)15(20)18-5-7-21-8-6-18;/h2-4,9,11H,5-8,10,16H2,1H3,(H,17,19);1H. The average molecular weight is 328 g/mol. The minimum absolute atomic E-state index is 0. The van der Waals surface area contributed by atoms with E-state index in [1.54, 1.807) is 36.1 Å². The number of benzene rings is 1. The van der Waals surface area contributed by atoms with E-state index in [0.29, 0.717) is 37.6 Å². The van der Waals surface area contributed by atoms with Gasteiger partial charge in [0.25, 0.3) is 5.91 Å². The molecule has 7 heteroatoms. The van der Waals surface area contributed by atoms with Crippen molar-refractivity contribution in [2.24, 2.45) is 11.7 Å². The van der Waals surface area contributed by atoms with Crippen molar-refractivity contribution in [2.75, 3.05) is 38.2 Å². The fourth-order valence-electron chi connectivity index (χ4n) is 2.05. The molecular weight excluding hydrogens is 306 g/mol. The van der Waals surface area contributed by atoms with Crippen molar-refractivity contribution < 1.29 is 14.3 Å². The smallest absolute Gasteiger partial charge is 0.254 e. The van der Waals surface area contributed by atoms with E-state index < -0.39 is 0 Å². The monoisotopic (exact) mass is 327 g/mol. The highest BCUT2D eigenvalue weighted by molar-refractivity contribution is 5.97. The lowest BCUT2D eigenvalue weighted by Crippen LogP contribution is -2.40. The predicted molar refractivity (Wildman–Crippen MR) is 87.3 cm³/mol. The summed E-state index contributed by atoms with van der Waals surface area (Å²) < 4.78 is 5.24. The Morgan fingerprint density at radius 3 is 2.68 bits per heavy atom. The van der Waals surface area contributed by atoms with Gasteiger partial charge in [-0.1, -0.05) is 13.0 Å². The summed E-state index contributed by atoms with van der Waals surface area (Å²) >= 11 is 0. The summed E-state index contributed by atoms with van der Waals surface area (Å²) in [6.45, 7) is 4.38. The van der Waals surface area contributed by atoms with Crippen LogP contribution in [0.4, 0.5) is 5.69 Å². The third-order valence-electron chi connectivity index (χ3n) is 3.48. The number of hydrogen-bond acceptors (Lipinski definition) is 4. The van der Waals surface area contributed by atoms with E-state index in [9.17, 15) is 9.59 Å². The van der Waals surface area contributed by atoms with Crippen LogP contribution >= 0.6 is 12.4 Å². The van der Waals surface area contributed by atoms with Gasteiger partial charge in [0.1, 0.15) is 0 Å². The number of nitrogens with zero attached hydrogens (tertiary/aromatic N) is 1. The summed E-state index contributed by atoms with van der Waals surface area (Å²) in [7, 11) is 0.